The Bertz CT molecular complexity index is 1290. The fraction of sp³-hybridized carbons (Fsp3) is 0.364. The van der Waals surface area contributed by atoms with Crippen LogP contribution in [-0.2, 0) is 17.6 Å². The highest BCUT2D eigenvalue weighted by molar-refractivity contribution is 7.19. The van der Waals surface area contributed by atoms with Gasteiger partial charge in [-0.25, -0.2) is 14.5 Å². The molecule has 4 aromatic rings. The smallest absolute Gasteiger partial charge is 0.225 e. The van der Waals surface area contributed by atoms with Crippen LogP contribution in [0.15, 0.2) is 30.9 Å². The lowest BCUT2D eigenvalue weighted by Gasteiger charge is -2.24. The molecule has 0 radical (unpaired) electrons. The van der Waals surface area contributed by atoms with Gasteiger partial charge in [0.05, 0.1) is 28.5 Å². The molecule has 0 bridgehead atoms. The van der Waals surface area contributed by atoms with E-state index in [0.29, 0.717) is 0 Å². The van der Waals surface area contributed by atoms with E-state index in [1.54, 1.807) is 28.8 Å². The van der Waals surface area contributed by atoms with Crippen LogP contribution in [0.3, 0.4) is 0 Å². The monoisotopic (exact) mass is 435 g/mol. The fourth-order valence-electron chi connectivity index (χ4n) is 4.32. The van der Waals surface area contributed by atoms with E-state index in [9.17, 15) is 4.79 Å². The van der Waals surface area contributed by atoms with Crippen LogP contribution >= 0.6 is 11.3 Å². The molecule has 0 spiro atoms. The summed E-state index contributed by atoms with van der Waals surface area (Å²) in [7, 11) is 7.69. The summed E-state index contributed by atoms with van der Waals surface area (Å²) in [5.74, 6) is 1.06. The van der Waals surface area contributed by atoms with Crippen LogP contribution in [-0.4, -0.2) is 58.6 Å². The molecule has 5 rings (SSSR count). The number of hydrogen-bond acceptors (Lipinski definition) is 7. The van der Waals surface area contributed by atoms with E-state index >= 15 is 0 Å². The Morgan fingerprint density at radius 3 is 2.87 bits per heavy atom. The largest absolute Gasteiger partial charge is 0.375 e. The van der Waals surface area contributed by atoms with E-state index in [1.165, 1.54) is 10.4 Å². The summed E-state index contributed by atoms with van der Waals surface area (Å²) in [6, 6.07) is 4.06. The van der Waals surface area contributed by atoms with Crippen molar-refractivity contribution in [2.24, 2.45) is 5.92 Å². The van der Waals surface area contributed by atoms with Crippen molar-refractivity contribution in [2.75, 3.05) is 38.4 Å². The number of nitrogens with zero attached hydrogens (tertiary/aromatic N) is 6. The van der Waals surface area contributed by atoms with Gasteiger partial charge in [-0.3, -0.25) is 4.79 Å². The summed E-state index contributed by atoms with van der Waals surface area (Å²) < 4.78 is 1.87. The van der Waals surface area contributed by atoms with Gasteiger partial charge in [0.25, 0.3) is 0 Å². The highest BCUT2D eigenvalue weighted by Crippen LogP contribution is 2.41. The molecule has 0 aliphatic heterocycles. The minimum atomic E-state index is 0.0459. The zero-order valence-electron chi connectivity index (χ0n) is 18.1. The van der Waals surface area contributed by atoms with Crippen LogP contribution in [0.1, 0.15) is 16.9 Å². The van der Waals surface area contributed by atoms with Gasteiger partial charge >= 0.3 is 0 Å². The number of nitrogens with one attached hydrogen (secondary N) is 1. The number of amides is 1. The summed E-state index contributed by atoms with van der Waals surface area (Å²) in [6.45, 7) is 0. The predicted octanol–water partition coefficient (Wildman–Crippen LogP) is 3.34. The van der Waals surface area contributed by atoms with Crippen LogP contribution in [0, 0.1) is 5.92 Å². The second kappa shape index (κ2) is 7.49. The first-order valence-electron chi connectivity index (χ1n) is 10.3. The summed E-state index contributed by atoms with van der Waals surface area (Å²) in [5, 5.41) is 8.99. The average Bonchev–Trinajstić information content (AvgIpc) is 3.35. The second-order valence-electron chi connectivity index (χ2n) is 8.37. The maximum Gasteiger partial charge on any atom is 0.225 e. The van der Waals surface area contributed by atoms with Gasteiger partial charge in [0.2, 0.25) is 5.91 Å². The van der Waals surface area contributed by atoms with Crippen molar-refractivity contribution >= 4 is 50.2 Å². The van der Waals surface area contributed by atoms with Gasteiger partial charge in [-0.2, -0.15) is 5.10 Å². The van der Waals surface area contributed by atoms with Crippen LogP contribution in [0.25, 0.3) is 15.7 Å². The van der Waals surface area contributed by atoms with Crippen molar-refractivity contribution < 1.29 is 4.79 Å². The van der Waals surface area contributed by atoms with Gasteiger partial charge in [-0.1, -0.05) is 0 Å². The lowest BCUT2D eigenvalue weighted by molar-refractivity contribution is -0.133. The first-order chi connectivity index (χ1) is 14.9. The van der Waals surface area contributed by atoms with E-state index in [1.807, 2.05) is 45.0 Å². The summed E-state index contributed by atoms with van der Waals surface area (Å²) >= 11 is 1.69. The van der Waals surface area contributed by atoms with Gasteiger partial charge < -0.3 is 15.1 Å². The van der Waals surface area contributed by atoms with Crippen molar-refractivity contribution in [3.8, 4) is 0 Å². The molecule has 0 aromatic carbocycles. The number of fused-ring (bicyclic) bond motifs is 4. The maximum absolute atomic E-state index is 12.5. The topological polar surface area (TPSA) is 78.7 Å². The van der Waals surface area contributed by atoms with Crippen molar-refractivity contribution in [2.45, 2.75) is 19.3 Å². The normalized spacial score (nSPS) is 15.8. The quantitative estimate of drug-likeness (QED) is 0.530. The van der Waals surface area contributed by atoms with Gasteiger partial charge in [0.1, 0.15) is 17.0 Å². The van der Waals surface area contributed by atoms with Crippen LogP contribution < -0.4 is 10.2 Å². The third kappa shape index (κ3) is 3.38. The number of thiophene rings is 1. The second-order valence-corrected chi connectivity index (χ2v) is 9.45. The Kier molecular flexibility index (Phi) is 4.77. The Hall–Kier alpha value is -3.20. The van der Waals surface area contributed by atoms with E-state index in [4.69, 9.17) is 0 Å². The number of aromatic nitrogens is 4. The van der Waals surface area contributed by atoms with Crippen LogP contribution in [0.2, 0.25) is 0 Å². The van der Waals surface area contributed by atoms with Crippen LogP contribution in [0.5, 0.6) is 0 Å². The Morgan fingerprint density at radius 1 is 1.26 bits per heavy atom. The molecule has 160 valence electrons. The van der Waals surface area contributed by atoms with E-state index in [2.05, 4.69) is 31.3 Å². The average molecular weight is 436 g/mol. The predicted molar refractivity (Wildman–Crippen MR) is 124 cm³/mol. The molecule has 0 saturated heterocycles. The number of carbonyl (C=O) groups excluding carboxylic acids is 1. The molecule has 9 heteroatoms. The molecule has 0 saturated carbocycles. The molecular formula is C22H25N7OS. The third-order valence-electron chi connectivity index (χ3n) is 5.88. The zero-order chi connectivity index (χ0) is 21.7. The molecule has 0 unspecified atom stereocenters. The number of rotatable bonds is 4. The minimum absolute atomic E-state index is 0.0459. The molecule has 1 N–H and O–H groups in total. The van der Waals surface area contributed by atoms with Gasteiger partial charge in [-0.05, 0) is 37.0 Å². The highest BCUT2D eigenvalue weighted by atomic mass is 32.1. The molecule has 1 aliphatic rings. The van der Waals surface area contributed by atoms with E-state index < -0.39 is 0 Å². The van der Waals surface area contributed by atoms with E-state index in [-0.39, 0.29) is 11.8 Å². The highest BCUT2D eigenvalue weighted by Gasteiger charge is 2.30. The number of hydrogen-bond donors (Lipinski definition) is 1. The van der Waals surface area contributed by atoms with Crippen molar-refractivity contribution in [1.82, 2.24) is 24.5 Å². The van der Waals surface area contributed by atoms with Crippen molar-refractivity contribution in [1.29, 1.82) is 0 Å². The summed E-state index contributed by atoms with van der Waals surface area (Å²) in [6.07, 6.45) is 7.91. The van der Waals surface area contributed by atoms with Crippen molar-refractivity contribution in [3.05, 3.63) is 41.3 Å². The first-order valence-corrected chi connectivity index (χ1v) is 11.1. The molecule has 1 atom stereocenters. The zero-order valence-corrected chi connectivity index (χ0v) is 18.9. The molecular weight excluding hydrogens is 410 g/mol. The van der Waals surface area contributed by atoms with E-state index in [0.717, 1.165) is 52.2 Å². The van der Waals surface area contributed by atoms with Crippen LogP contribution in [0.4, 0.5) is 17.2 Å². The summed E-state index contributed by atoms with van der Waals surface area (Å²) in [5.41, 5.74) is 4.27. The first kappa shape index (κ1) is 19.7. The molecule has 4 heterocycles. The number of pyridine rings is 1. The van der Waals surface area contributed by atoms with Crippen molar-refractivity contribution in [3.63, 3.8) is 0 Å². The lowest BCUT2D eigenvalue weighted by Crippen LogP contribution is -2.32. The number of anilines is 3. The molecule has 1 amide bonds. The fourth-order valence-corrected chi connectivity index (χ4v) is 5.59. The Labute approximate surface area is 184 Å². The molecule has 31 heavy (non-hydrogen) atoms. The lowest BCUT2D eigenvalue weighted by atomic mass is 9.87. The Morgan fingerprint density at radius 2 is 2.10 bits per heavy atom. The number of carbonyl (C=O) groups is 1. The maximum atomic E-state index is 12.5. The molecule has 1 aliphatic carbocycles. The minimum Gasteiger partial charge on any atom is -0.375 e. The standard InChI is InChI=1S/C22H25N7OS/c1-27(2)17-11-29-14(7-8-25-29)10-16(17)26-20-19-15-6-5-13(22(30)28(3)4)9-18(15)31-21(19)24-12-23-20/h7-8,10-13H,5-6,9H2,1-4H3,(H,23,24,26)/t13-/m0/s1. The molecule has 8 nitrogen and oxygen atoms in total. The third-order valence-corrected chi connectivity index (χ3v) is 7.05. The number of aryl methyl sites for hydroxylation is 1. The SMILES string of the molecule is CN(C)C(=O)[C@H]1CCc2c(sc3ncnc(Nc4cc5ccnn5cc4N(C)C)c23)C1. The van der Waals surface area contributed by atoms with Gasteiger partial charge in [-0.15, -0.1) is 11.3 Å². The van der Waals surface area contributed by atoms with Gasteiger partial charge in [0, 0.05) is 45.2 Å². The molecule has 4 aromatic heterocycles. The molecule has 0 fully saturated rings. The van der Waals surface area contributed by atoms with Gasteiger partial charge in [0.15, 0.2) is 0 Å². The Balaban J connectivity index is 1.56. The summed E-state index contributed by atoms with van der Waals surface area (Å²) in [4.78, 5) is 27.6.